The van der Waals surface area contributed by atoms with Gasteiger partial charge in [0.2, 0.25) is 0 Å². The highest BCUT2D eigenvalue weighted by molar-refractivity contribution is 5.96. The Balaban J connectivity index is 1.51. The lowest BCUT2D eigenvalue weighted by Crippen LogP contribution is -2.50. The fraction of sp³-hybridized carbons (Fsp3) is 0.231. The number of nitrogens with zero attached hydrogens (tertiary/aromatic N) is 4. The van der Waals surface area contributed by atoms with Gasteiger partial charge in [-0.3, -0.25) is 10.1 Å². The van der Waals surface area contributed by atoms with Crippen molar-refractivity contribution in [3.05, 3.63) is 94.0 Å². The summed E-state index contributed by atoms with van der Waals surface area (Å²) in [5.74, 6) is 0.400. The molecule has 0 aliphatic carbocycles. The lowest BCUT2D eigenvalue weighted by molar-refractivity contribution is -0.384. The van der Waals surface area contributed by atoms with Gasteiger partial charge in [0.15, 0.2) is 5.96 Å². The van der Waals surface area contributed by atoms with Crippen molar-refractivity contribution in [2.45, 2.75) is 6.54 Å². The van der Waals surface area contributed by atoms with Crippen LogP contribution in [0.25, 0.3) is 0 Å². The molecule has 1 aliphatic heterocycles. The maximum atomic E-state index is 11.4. The highest BCUT2D eigenvalue weighted by Crippen LogP contribution is 2.21. The highest BCUT2D eigenvalue weighted by atomic mass is 16.6. The van der Waals surface area contributed by atoms with E-state index in [0.29, 0.717) is 44.4 Å². The molecule has 0 saturated carbocycles. The maximum absolute atomic E-state index is 11.4. The van der Waals surface area contributed by atoms with E-state index in [-0.39, 0.29) is 11.3 Å². The molecule has 1 saturated heterocycles. The molecule has 3 aromatic rings. The zero-order chi connectivity index (χ0) is 25.5. The van der Waals surface area contributed by atoms with Gasteiger partial charge in [-0.2, -0.15) is 0 Å². The molecule has 10 nitrogen and oxygen atoms in total. The van der Waals surface area contributed by atoms with Crippen LogP contribution in [0.3, 0.4) is 0 Å². The van der Waals surface area contributed by atoms with Gasteiger partial charge in [0.1, 0.15) is 5.75 Å². The van der Waals surface area contributed by atoms with Gasteiger partial charge in [-0.15, -0.1) is 0 Å². The maximum Gasteiger partial charge on any atom is 0.335 e. The standard InChI is InChI=1S/C26H27N5O5/c1-36-24-7-2-4-19(16-24)18-27-26(28-21-6-3-5-20(17-21)25(32)33)30-14-12-29(13-15-30)22-8-10-23(11-9-22)31(34)35/h2-11,16-17H,12-15,18H2,1H3,(H,27,28)(H,32,33). The molecule has 0 aromatic heterocycles. The van der Waals surface area contributed by atoms with Crippen LogP contribution in [0, 0.1) is 10.1 Å². The fourth-order valence-electron chi connectivity index (χ4n) is 3.98. The first-order valence-corrected chi connectivity index (χ1v) is 11.4. The van der Waals surface area contributed by atoms with E-state index in [1.54, 1.807) is 43.5 Å². The molecular formula is C26H27N5O5. The van der Waals surface area contributed by atoms with Crippen molar-refractivity contribution in [3.63, 3.8) is 0 Å². The van der Waals surface area contributed by atoms with Gasteiger partial charge in [0, 0.05) is 49.7 Å². The quantitative estimate of drug-likeness (QED) is 0.220. The van der Waals surface area contributed by atoms with E-state index >= 15 is 0 Å². The number of benzene rings is 3. The number of nitrogens with one attached hydrogen (secondary N) is 1. The molecule has 0 amide bonds. The van der Waals surface area contributed by atoms with Gasteiger partial charge in [-0.25, -0.2) is 9.79 Å². The van der Waals surface area contributed by atoms with E-state index in [9.17, 15) is 20.0 Å². The summed E-state index contributed by atoms with van der Waals surface area (Å²) in [6.07, 6.45) is 0. The van der Waals surface area contributed by atoms with Crippen LogP contribution in [0.4, 0.5) is 17.1 Å². The molecule has 4 rings (SSSR count). The van der Waals surface area contributed by atoms with Crippen molar-refractivity contribution < 1.29 is 19.6 Å². The average molecular weight is 490 g/mol. The van der Waals surface area contributed by atoms with Crippen LogP contribution in [0.2, 0.25) is 0 Å². The van der Waals surface area contributed by atoms with Crippen LogP contribution in [0.1, 0.15) is 15.9 Å². The Kier molecular flexibility index (Phi) is 7.64. The second-order valence-electron chi connectivity index (χ2n) is 8.25. The van der Waals surface area contributed by atoms with Crippen molar-refractivity contribution in [2.24, 2.45) is 4.99 Å². The first kappa shape index (κ1) is 24.5. The average Bonchev–Trinajstić information content (AvgIpc) is 2.91. The van der Waals surface area contributed by atoms with Crippen molar-refractivity contribution in [1.29, 1.82) is 0 Å². The summed E-state index contributed by atoms with van der Waals surface area (Å²) >= 11 is 0. The SMILES string of the molecule is COc1cccc(CN=C(Nc2cccc(C(=O)O)c2)N2CCN(c3ccc([N+](=O)[O-])cc3)CC2)c1. The van der Waals surface area contributed by atoms with E-state index in [1.807, 2.05) is 24.3 Å². The smallest absolute Gasteiger partial charge is 0.335 e. The largest absolute Gasteiger partial charge is 0.497 e. The zero-order valence-corrected chi connectivity index (χ0v) is 19.8. The number of methoxy groups -OCH3 is 1. The number of piperazine rings is 1. The van der Waals surface area contributed by atoms with Gasteiger partial charge < -0.3 is 25.0 Å². The zero-order valence-electron chi connectivity index (χ0n) is 19.8. The molecule has 0 radical (unpaired) electrons. The van der Waals surface area contributed by atoms with Crippen molar-refractivity contribution in [2.75, 3.05) is 43.5 Å². The summed E-state index contributed by atoms with van der Waals surface area (Å²) in [6, 6.07) is 20.9. The Labute approximate surface area is 208 Å². The van der Waals surface area contributed by atoms with Crippen molar-refractivity contribution in [3.8, 4) is 5.75 Å². The minimum atomic E-state index is -0.995. The molecule has 0 spiro atoms. The van der Waals surface area contributed by atoms with E-state index in [4.69, 9.17) is 9.73 Å². The normalized spacial score (nSPS) is 13.9. The third kappa shape index (κ3) is 6.09. The minimum absolute atomic E-state index is 0.0668. The Morgan fingerprint density at radius 3 is 2.44 bits per heavy atom. The molecule has 3 aromatic carbocycles. The van der Waals surface area contributed by atoms with Gasteiger partial charge in [0.25, 0.3) is 5.69 Å². The number of carboxylic acids is 1. The number of hydrogen-bond acceptors (Lipinski definition) is 6. The molecule has 10 heteroatoms. The van der Waals surface area contributed by atoms with Crippen molar-refractivity contribution >= 4 is 29.0 Å². The number of aromatic carboxylic acids is 1. The number of aliphatic imine (C=N–C) groups is 1. The second kappa shape index (κ2) is 11.2. The second-order valence-corrected chi connectivity index (χ2v) is 8.25. The summed E-state index contributed by atoms with van der Waals surface area (Å²) in [6.45, 7) is 3.15. The van der Waals surface area contributed by atoms with E-state index in [0.717, 1.165) is 17.0 Å². The number of ether oxygens (including phenoxy) is 1. The Morgan fingerprint density at radius 2 is 1.78 bits per heavy atom. The summed E-state index contributed by atoms with van der Waals surface area (Å²) in [4.78, 5) is 31.1. The number of anilines is 2. The van der Waals surface area contributed by atoms with Gasteiger partial charge >= 0.3 is 5.97 Å². The summed E-state index contributed by atoms with van der Waals surface area (Å²) in [5.41, 5.74) is 2.80. The molecule has 0 atom stereocenters. The predicted octanol–water partition coefficient (Wildman–Crippen LogP) is 4.09. The van der Waals surface area contributed by atoms with Crippen LogP contribution in [0.15, 0.2) is 77.8 Å². The fourth-order valence-corrected chi connectivity index (χ4v) is 3.98. The lowest BCUT2D eigenvalue weighted by atomic mass is 10.2. The number of carbonyl (C=O) groups is 1. The molecule has 1 fully saturated rings. The molecule has 36 heavy (non-hydrogen) atoms. The number of rotatable bonds is 7. The molecule has 0 unspecified atom stereocenters. The third-order valence-electron chi connectivity index (χ3n) is 5.92. The van der Waals surface area contributed by atoms with Crippen molar-refractivity contribution in [1.82, 2.24) is 4.90 Å². The Bertz CT molecular complexity index is 1250. The predicted molar refractivity (Wildman–Crippen MR) is 138 cm³/mol. The number of nitro groups is 1. The van der Waals surface area contributed by atoms with Crippen LogP contribution < -0.4 is 15.0 Å². The number of non-ortho nitro benzene ring substituents is 1. The third-order valence-corrected chi connectivity index (χ3v) is 5.92. The molecule has 1 aliphatic rings. The lowest BCUT2D eigenvalue weighted by Gasteiger charge is -2.37. The Morgan fingerprint density at radius 1 is 1.06 bits per heavy atom. The highest BCUT2D eigenvalue weighted by Gasteiger charge is 2.21. The molecule has 0 bridgehead atoms. The molecule has 2 N–H and O–H groups in total. The number of nitro benzene ring substituents is 1. The van der Waals surface area contributed by atoms with Gasteiger partial charge in [0.05, 0.1) is 24.1 Å². The monoisotopic (exact) mass is 489 g/mol. The van der Waals surface area contributed by atoms with Gasteiger partial charge in [-0.1, -0.05) is 18.2 Å². The van der Waals surface area contributed by atoms with Gasteiger partial charge in [-0.05, 0) is 48.0 Å². The van der Waals surface area contributed by atoms with E-state index in [2.05, 4.69) is 15.1 Å². The minimum Gasteiger partial charge on any atom is -0.497 e. The number of hydrogen-bond donors (Lipinski definition) is 2. The number of guanidine groups is 1. The van der Waals surface area contributed by atoms with E-state index in [1.165, 1.54) is 12.1 Å². The molecule has 1 heterocycles. The van der Waals surface area contributed by atoms with Crippen LogP contribution in [-0.2, 0) is 6.54 Å². The number of carboxylic acid groups (broad SMARTS) is 1. The summed E-state index contributed by atoms with van der Waals surface area (Å²) < 4.78 is 5.31. The van der Waals surface area contributed by atoms with Crippen LogP contribution >= 0.6 is 0 Å². The first-order chi connectivity index (χ1) is 17.4. The van der Waals surface area contributed by atoms with Crippen LogP contribution in [-0.4, -0.2) is 60.1 Å². The topological polar surface area (TPSA) is 121 Å². The Hall–Kier alpha value is -4.60. The van der Waals surface area contributed by atoms with E-state index < -0.39 is 10.9 Å². The van der Waals surface area contributed by atoms with Crippen LogP contribution in [0.5, 0.6) is 5.75 Å². The summed E-state index contributed by atoms with van der Waals surface area (Å²) in [7, 11) is 1.62. The first-order valence-electron chi connectivity index (χ1n) is 11.4. The summed E-state index contributed by atoms with van der Waals surface area (Å²) in [5, 5.41) is 23.6. The molecular weight excluding hydrogens is 462 g/mol. The molecule has 186 valence electrons.